The molecular weight excluding hydrogens is 361 g/mol. The lowest BCUT2D eigenvalue weighted by Gasteiger charge is -2.16. The van der Waals surface area contributed by atoms with Crippen LogP contribution < -0.4 is 5.32 Å². The number of carbonyl (C=O) groups is 2. The second-order valence-corrected chi connectivity index (χ2v) is 6.35. The summed E-state index contributed by atoms with van der Waals surface area (Å²) in [6.07, 6.45) is 1.90. The quantitative estimate of drug-likeness (QED) is 0.802. The molecule has 25 heavy (non-hydrogen) atoms. The van der Waals surface area contributed by atoms with Crippen LogP contribution in [-0.4, -0.2) is 35.3 Å². The molecule has 0 unspecified atom stereocenters. The van der Waals surface area contributed by atoms with E-state index in [0.717, 1.165) is 12.8 Å². The van der Waals surface area contributed by atoms with E-state index in [9.17, 15) is 9.59 Å². The number of benzene rings is 1. The summed E-state index contributed by atoms with van der Waals surface area (Å²) in [7, 11) is 1.72. The number of pyridine rings is 1. The Bertz CT molecular complexity index is 760. The van der Waals surface area contributed by atoms with Gasteiger partial charge >= 0.3 is 0 Å². The van der Waals surface area contributed by atoms with Crippen molar-refractivity contribution in [1.29, 1.82) is 0 Å². The Kier molecular flexibility index (Phi) is 6.79. The third kappa shape index (κ3) is 4.94. The number of unbranched alkanes of at least 4 members (excludes halogenated alkanes) is 1. The molecule has 0 saturated carbocycles. The van der Waals surface area contributed by atoms with Crippen LogP contribution in [-0.2, 0) is 0 Å². The smallest absolute Gasteiger partial charge is 0.274 e. The molecule has 0 spiro atoms. The van der Waals surface area contributed by atoms with Crippen molar-refractivity contribution in [1.82, 2.24) is 9.88 Å². The SMILES string of the molecule is CCCCN(C)C(=O)c1cccc(C(=O)Nc2c(Cl)cccc2Cl)n1. The van der Waals surface area contributed by atoms with Gasteiger partial charge in [-0.05, 0) is 30.7 Å². The first kappa shape index (κ1) is 19.2. The number of nitrogens with zero attached hydrogens (tertiary/aromatic N) is 2. The van der Waals surface area contributed by atoms with Gasteiger partial charge in [-0.15, -0.1) is 0 Å². The first-order chi connectivity index (χ1) is 11.9. The molecule has 2 rings (SSSR count). The van der Waals surface area contributed by atoms with Gasteiger partial charge in [0.1, 0.15) is 11.4 Å². The Morgan fingerprint density at radius 3 is 2.32 bits per heavy atom. The Morgan fingerprint density at radius 2 is 1.68 bits per heavy atom. The maximum Gasteiger partial charge on any atom is 0.274 e. The van der Waals surface area contributed by atoms with Crippen molar-refractivity contribution < 1.29 is 9.59 Å². The number of nitrogens with one attached hydrogen (secondary N) is 1. The zero-order valence-electron chi connectivity index (χ0n) is 14.1. The van der Waals surface area contributed by atoms with E-state index in [4.69, 9.17) is 23.2 Å². The molecule has 7 heteroatoms. The maximum absolute atomic E-state index is 12.4. The number of hydrogen-bond acceptors (Lipinski definition) is 3. The van der Waals surface area contributed by atoms with Gasteiger partial charge in [0.15, 0.2) is 0 Å². The lowest BCUT2D eigenvalue weighted by molar-refractivity contribution is 0.0787. The number of hydrogen-bond donors (Lipinski definition) is 1. The van der Waals surface area contributed by atoms with Crippen molar-refractivity contribution in [3.63, 3.8) is 0 Å². The van der Waals surface area contributed by atoms with E-state index in [2.05, 4.69) is 17.2 Å². The molecule has 5 nitrogen and oxygen atoms in total. The summed E-state index contributed by atoms with van der Waals surface area (Å²) in [5, 5.41) is 3.29. The molecule has 0 radical (unpaired) electrons. The fourth-order valence-electron chi connectivity index (χ4n) is 2.17. The molecule has 1 N–H and O–H groups in total. The molecular formula is C18H19Cl2N3O2. The van der Waals surface area contributed by atoms with E-state index in [1.807, 2.05) is 0 Å². The fourth-order valence-corrected chi connectivity index (χ4v) is 2.66. The number of aromatic nitrogens is 1. The first-order valence-corrected chi connectivity index (χ1v) is 8.67. The van der Waals surface area contributed by atoms with Crippen molar-refractivity contribution in [2.45, 2.75) is 19.8 Å². The summed E-state index contributed by atoms with van der Waals surface area (Å²) < 4.78 is 0. The Labute approximate surface area is 157 Å². The number of anilines is 1. The van der Waals surface area contributed by atoms with Gasteiger partial charge in [-0.2, -0.15) is 0 Å². The van der Waals surface area contributed by atoms with Crippen LogP contribution in [0.2, 0.25) is 10.0 Å². The van der Waals surface area contributed by atoms with Gasteiger partial charge in [0.25, 0.3) is 11.8 Å². The predicted octanol–water partition coefficient (Wildman–Crippen LogP) is 4.51. The van der Waals surface area contributed by atoms with Gasteiger partial charge in [-0.25, -0.2) is 4.98 Å². The highest BCUT2D eigenvalue weighted by Gasteiger charge is 2.17. The maximum atomic E-state index is 12.4. The van der Waals surface area contributed by atoms with Gasteiger partial charge in [0.05, 0.1) is 15.7 Å². The molecule has 0 aliphatic heterocycles. The Balaban J connectivity index is 2.18. The Morgan fingerprint density at radius 1 is 1.08 bits per heavy atom. The van der Waals surface area contributed by atoms with Crippen LogP contribution in [0, 0.1) is 0 Å². The highest BCUT2D eigenvalue weighted by atomic mass is 35.5. The molecule has 2 amide bonds. The average molecular weight is 380 g/mol. The van der Waals surface area contributed by atoms with E-state index in [1.165, 1.54) is 6.07 Å². The molecule has 0 fully saturated rings. The van der Waals surface area contributed by atoms with Crippen LogP contribution in [0.3, 0.4) is 0 Å². The number of para-hydroxylation sites is 1. The van der Waals surface area contributed by atoms with E-state index in [1.54, 1.807) is 42.3 Å². The van der Waals surface area contributed by atoms with Crippen LogP contribution in [0.25, 0.3) is 0 Å². The highest BCUT2D eigenvalue weighted by molar-refractivity contribution is 6.40. The second kappa shape index (κ2) is 8.83. The lowest BCUT2D eigenvalue weighted by Crippen LogP contribution is -2.29. The number of rotatable bonds is 6. The number of amides is 2. The predicted molar refractivity (Wildman–Crippen MR) is 101 cm³/mol. The molecule has 0 saturated heterocycles. The van der Waals surface area contributed by atoms with Crippen molar-refractivity contribution in [3.8, 4) is 0 Å². The van der Waals surface area contributed by atoms with Crippen LogP contribution >= 0.6 is 23.2 Å². The van der Waals surface area contributed by atoms with Crippen molar-refractivity contribution in [2.75, 3.05) is 18.9 Å². The largest absolute Gasteiger partial charge is 0.340 e. The first-order valence-electron chi connectivity index (χ1n) is 7.92. The third-order valence-electron chi connectivity index (χ3n) is 3.60. The minimum absolute atomic E-state index is 0.116. The molecule has 2 aromatic rings. The van der Waals surface area contributed by atoms with Gasteiger partial charge in [0.2, 0.25) is 0 Å². The van der Waals surface area contributed by atoms with E-state index >= 15 is 0 Å². The van der Waals surface area contributed by atoms with Crippen LogP contribution in [0.5, 0.6) is 0 Å². The zero-order chi connectivity index (χ0) is 18.4. The molecule has 0 bridgehead atoms. The van der Waals surface area contributed by atoms with Gasteiger partial charge in [-0.1, -0.05) is 48.7 Å². The monoisotopic (exact) mass is 379 g/mol. The van der Waals surface area contributed by atoms with E-state index in [0.29, 0.717) is 22.3 Å². The summed E-state index contributed by atoms with van der Waals surface area (Å²) in [6.45, 7) is 2.70. The number of carbonyl (C=O) groups excluding carboxylic acids is 2. The van der Waals surface area contributed by atoms with Gasteiger partial charge in [-0.3, -0.25) is 9.59 Å². The summed E-state index contributed by atoms with van der Waals surface area (Å²) >= 11 is 12.1. The fraction of sp³-hybridized carbons (Fsp3) is 0.278. The summed E-state index contributed by atoms with van der Waals surface area (Å²) in [4.78, 5) is 30.6. The normalized spacial score (nSPS) is 10.4. The zero-order valence-corrected chi connectivity index (χ0v) is 15.6. The van der Waals surface area contributed by atoms with E-state index in [-0.39, 0.29) is 17.3 Å². The van der Waals surface area contributed by atoms with Crippen LogP contribution in [0.1, 0.15) is 40.7 Å². The molecule has 132 valence electrons. The summed E-state index contributed by atoms with van der Waals surface area (Å²) in [5.41, 5.74) is 0.650. The topological polar surface area (TPSA) is 62.3 Å². The van der Waals surface area contributed by atoms with Crippen molar-refractivity contribution in [2.24, 2.45) is 0 Å². The summed E-state index contributed by atoms with van der Waals surface area (Å²) in [5.74, 6) is -0.709. The van der Waals surface area contributed by atoms with Crippen LogP contribution in [0.4, 0.5) is 5.69 Å². The molecule has 0 atom stereocenters. The molecule has 0 aliphatic rings. The number of halogens is 2. The minimum atomic E-state index is -0.485. The van der Waals surface area contributed by atoms with Gasteiger partial charge < -0.3 is 10.2 Å². The van der Waals surface area contributed by atoms with Crippen molar-refractivity contribution >= 4 is 40.7 Å². The standard InChI is InChI=1S/C18H19Cl2N3O2/c1-3-4-11-23(2)18(25)15-10-6-9-14(21-15)17(24)22-16-12(19)7-5-8-13(16)20/h5-10H,3-4,11H2,1-2H3,(H,22,24). The lowest BCUT2D eigenvalue weighted by atomic mass is 10.2. The molecule has 1 aromatic carbocycles. The highest BCUT2D eigenvalue weighted by Crippen LogP contribution is 2.30. The molecule has 1 heterocycles. The second-order valence-electron chi connectivity index (χ2n) is 5.54. The van der Waals surface area contributed by atoms with Crippen LogP contribution in [0.15, 0.2) is 36.4 Å². The summed E-state index contributed by atoms with van der Waals surface area (Å²) in [6, 6.07) is 9.67. The Hall–Kier alpha value is -2.11. The van der Waals surface area contributed by atoms with Gasteiger partial charge in [0, 0.05) is 13.6 Å². The third-order valence-corrected chi connectivity index (χ3v) is 4.23. The minimum Gasteiger partial charge on any atom is -0.340 e. The average Bonchev–Trinajstić information content (AvgIpc) is 2.62. The van der Waals surface area contributed by atoms with E-state index < -0.39 is 5.91 Å². The molecule has 1 aromatic heterocycles. The van der Waals surface area contributed by atoms with Crippen molar-refractivity contribution in [3.05, 3.63) is 57.8 Å². The molecule has 0 aliphatic carbocycles.